The van der Waals surface area contributed by atoms with Crippen LogP contribution in [0.25, 0.3) is 5.65 Å². The second kappa shape index (κ2) is 7.50. The Labute approximate surface area is 171 Å². The molecule has 30 heavy (non-hydrogen) atoms. The number of nitrogens with zero attached hydrogens (tertiary/aromatic N) is 6. The molecule has 156 valence electrons. The number of piperidine rings is 1. The summed E-state index contributed by atoms with van der Waals surface area (Å²) >= 11 is 0. The summed E-state index contributed by atoms with van der Waals surface area (Å²) in [6.07, 6.45) is 7.51. The molecule has 3 aromatic heterocycles. The Morgan fingerprint density at radius 3 is 2.80 bits per heavy atom. The van der Waals surface area contributed by atoms with Crippen LogP contribution in [0.4, 0.5) is 21.6 Å². The number of hydrogen-bond donors (Lipinski definition) is 2. The lowest BCUT2D eigenvalue weighted by Crippen LogP contribution is -2.51. The first-order chi connectivity index (χ1) is 14.6. The van der Waals surface area contributed by atoms with E-state index in [2.05, 4.69) is 30.2 Å². The Kier molecular flexibility index (Phi) is 4.68. The molecule has 0 atom stereocenters. The molecule has 0 saturated carbocycles. The van der Waals surface area contributed by atoms with Crippen LogP contribution in [0.15, 0.2) is 30.9 Å². The maximum Gasteiger partial charge on any atom is 0.263 e. The number of carbonyl (C=O) groups is 1. The zero-order valence-corrected chi connectivity index (χ0v) is 16.2. The molecule has 1 amide bonds. The summed E-state index contributed by atoms with van der Waals surface area (Å²) in [6, 6.07) is 2.41. The minimum Gasteiger partial charge on any atom is -0.381 e. The highest BCUT2D eigenvalue weighted by molar-refractivity contribution is 6.12. The first kappa shape index (κ1) is 18.7. The van der Waals surface area contributed by atoms with Crippen LogP contribution in [0.3, 0.4) is 0 Å². The summed E-state index contributed by atoms with van der Waals surface area (Å²) < 4.78 is 19.8. The molecule has 2 aliphatic rings. The molecule has 0 aliphatic carbocycles. The summed E-state index contributed by atoms with van der Waals surface area (Å²) in [5, 5.41) is 6.85. The van der Waals surface area contributed by atoms with Gasteiger partial charge in [0.15, 0.2) is 17.3 Å². The number of halogens is 1. The van der Waals surface area contributed by atoms with Crippen molar-refractivity contribution < 1.29 is 13.9 Å². The second-order valence-electron chi connectivity index (χ2n) is 7.42. The Morgan fingerprint density at radius 2 is 2.07 bits per heavy atom. The average Bonchev–Trinajstić information content (AvgIpc) is 3.02. The molecule has 0 aromatic carbocycles. The minimum atomic E-state index is -0.570. The number of nitrogens with two attached hydrogens (primary N) is 1. The van der Waals surface area contributed by atoms with Crippen LogP contribution in [0.2, 0.25) is 0 Å². The largest absolute Gasteiger partial charge is 0.381 e. The first-order valence-electron chi connectivity index (χ1n) is 9.71. The lowest BCUT2D eigenvalue weighted by Gasteiger charge is -2.43. The molecule has 2 fully saturated rings. The van der Waals surface area contributed by atoms with Crippen LogP contribution in [-0.2, 0) is 4.74 Å². The van der Waals surface area contributed by atoms with Crippen LogP contribution < -0.4 is 16.0 Å². The van der Waals surface area contributed by atoms with Gasteiger partial charge in [-0.1, -0.05) is 0 Å². The smallest absolute Gasteiger partial charge is 0.263 e. The molecule has 2 saturated heterocycles. The van der Waals surface area contributed by atoms with Crippen LogP contribution in [0.1, 0.15) is 23.2 Å². The number of rotatable bonds is 4. The van der Waals surface area contributed by atoms with E-state index in [9.17, 15) is 9.18 Å². The van der Waals surface area contributed by atoms with E-state index < -0.39 is 11.7 Å². The molecule has 5 rings (SSSR count). The van der Waals surface area contributed by atoms with Crippen LogP contribution >= 0.6 is 0 Å². The number of hydrogen-bond acceptors (Lipinski definition) is 8. The number of pyridine rings is 1. The molecule has 0 unspecified atom stereocenters. The fourth-order valence-corrected chi connectivity index (χ4v) is 3.97. The third kappa shape index (κ3) is 3.31. The average molecular weight is 412 g/mol. The maximum atomic E-state index is 13.4. The molecule has 3 aromatic rings. The monoisotopic (exact) mass is 412 g/mol. The van der Waals surface area contributed by atoms with E-state index in [1.807, 2.05) is 6.07 Å². The lowest BCUT2D eigenvalue weighted by molar-refractivity contribution is -0.168. The number of anilines is 3. The number of amides is 1. The number of nitrogens with one attached hydrogen (secondary N) is 1. The van der Waals surface area contributed by atoms with E-state index in [-0.39, 0.29) is 17.0 Å². The van der Waals surface area contributed by atoms with Crippen molar-refractivity contribution in [2.45, 2.75) is 18.9 Å². The standard InChI is InChI=1S/C19H21FN8O2/c20-12-7-23-18-16(17(21)25-28(18)9-12)19(29)24-14-8-22-4-1-15(14)26-5-2-13(3-6-26)27-10-30-11-27/h1,4,7-9,13H,2-3,5-6,10-11H2,(H2,21,25)(H,24,29). The van der Waals surface area contributed by atoms with Crippen LogP contribution in [0, 0.1) is 5.82 Å². The Balaban J connectivity index is 1.36. The number of aromatic nitrogens is 4. The third-order valence-electron chi connectivity index (χ3n) is 5.58. The van der Waals surface area contributed by atoms with Gasteiger partial charge < -0.3 is 20.7 Å². The van der Waals surface area contributed by atoms with Crippen molar-refractivity contribution in [2.24, 2.45) is 0 Å². The van der Waals surface area contributed by atoms with Gasteiger partial charge in [-0.2, -0.15) is 0 Å². The number of fused-ring (bicyclic) bond motifs is 1. The highest BCUT2D eigenvalue weighted by atomic mass is 19.1. The van der Waals surface area contributed by atoms with Gasteiger partial charge >= 0.3 is 0 Å². The Hall–Kier alpha value is -3.31. The van der Waals surface area contributed by atoms with Gasteiger partial charge in [-0.15, -0.1) is 5.10 Å². The normalized spacial score (nSPS) is 17.8. The molecule has 0 radical (unpaired) electrons. The maximum absolute atomic E-state index is 13.4. The topological polar surface area (TPSA) is 114 Å². The van der Waals surface area contributed by atoms with E-state index in [1.165, 1.54) is 0 Å². The van der Waals surface area contributed by atoms with Crippen molar-refractivity contribution in [2.75, 3.05) is 42.5 Å². The van der Waals surface area contributed by atoms with Crippen molar-refractivity contribution in [3.63, 3.8) is 0 Å². The van der Waals surface area contributed by atoms with Gasteiger partial charge in [-0.3, -0.25) is 14.7 Å². The SMILES string of the molecule is Nc1nn2cc(F)cnc2c1C(=O)Nc1cnccc1N1CCC(N2COC2)CC1. The molecule has 3 N–H and O–H groups in total. The van der Waals surface area contributed by atoms with Crippen molar-refractivity contribution in [3.8, 4) is 0 Å². The highest BCUT2D eigenvalue weighted by Crippen LogP contribution is 2.30. The lowest BCUT2D eigenvalue weighted by atomic mass is 10.0. The van der Waals surface area contributed by atoms with E-state index in [0.29, 0.717) is 25.2 Å². The quantitative estimate of drug-likeness (QED) is 0.659. The fraction of sp³-hybridized carbons (Fsp3) is 0.368. The van der Waals surface area contributed by atoms with Crippen LogP contribution in [0.5, 0.6) is 0 Å². The van der Waals surface area contributed by atoms with Gasteiger partial charge in [0.05, 0.1) is 30.0 Å². The van der Waals surface area contributed by atoms with Crippen molar-refractivity contribution in [1.82, 2.24) is 24.5 Å². The summed E-state index contributed by atoms with van der Waals surface area (Å²) in [5.74, 6) is -1.06. The number of ether oxygens (including phenoxy) is 1. The zero-order chi connectivity index (χ0) is 20.7. The minimum absolute atomic E-state index is 0.0198. The summed E-state index contributed by atoms with van der Waals surface area (Å²) in [7, 11) is 0. The summed E-state index contributed by atoms with van der Waals surface area (Å²) in [6.45, 7) is 3.15. The molecule has 11 heteroatoms. The van der Waals surface area contributed by atoms with E-state index in [4.69, 9.17) is 10.5 Å². The van der Waals surface area contributed by atoms with E-state index in [0.717, 1.165) is 48.5 Å². The van der Waals surface area contributed by atoms with Crippen LogP contribution in [-0.4, -0.2) is 63.0 Å². The third-order valence-corrected chi connectivity index (χ3v) is 5.58. The van der Waals surface area contributed by atoms with Gasteiger partial charge in [0.25, 0.3) is 5.91 Å². The molecule has 10 nitrogen and oxygen atoms in total. The molecular formula is C19H21FN8O2. The number of carbonyl (C=O) groups excluding carboxylic acids is 1. The van der Waals surface area contributed by atoms with Crippen molar-refractivity contribution in [3.05, 3.63) is 42.2 Å². The molecule has 5 heterocycles. The van der Waals surface area contributed by atoms with Gasteiger partial charge in [-0.05, 0) is 18.9 Å². The molecule has 0 spiro atoms. The van der Waals surface area contributed by atoms with E-state index in [1.54, 1.807) is 12.4 Å². The van der Waals surface area contributed by atoms with E-state index >= 15 is 0 Å². The zero-order valence-electron chi connectivity index (χ0n) is 16.2. The fourth-order valence-electron chi connectivity index (χ4n) is 3.97. The first-order valence-corrected chi connectivity index (χ1v) is 9.71. The molecular weight excluding hydrogens is 391 g/mol. The summed E-state index contributed by atoms with van der Waals surface area (Å²) in [4.78, 5) is 25.7. The molecule has 0 bridgehead atoms. The second-order valence-corrected chi connectivity index (χ2v) is 7.42. The Morgan fingerprint density at radius 1 is 1.27 bits per heavy atom. The Bertz CT molecular complexity index is 1090. The van der Waals surface area contributed by atoms with Gasteiger partial charge in [0.2, 0.25) is 0 Å². The van der Waals surface area contributed by atoms with Crippen molar-refractivity contribution >= 4 is 28.7 Å². The summed E-state index contributed by atoms with van der Waals surface area (Å²) in [5.41, 5.74) is 7.66. The van der Waals surface area contributed by atoms with Gasteiger partial charge in [0.1, 0.15) is 19.0 Å². The highest BCUT2D eigenvalue weighted by Gasteiger charge is 2.29. The predicted molar refractivity (Wildman–Crippen MR) is 107 cm³/mol. The predicted octanol–water partition coefficient (Wildman–Crippen LogP) is 1.31. The van der Waals surface area contributed by atoms with Crippen molar-refractivity contribution in [1.29, 1.82) is 0 Å². The van der Waals surface area contributed by atoms with Gasteiger partial charge in [-0.25, -0.2) is 13.9 Å². The molecule has 2 aliphatic heterocycles. The number of nitrogen functional groups attached to an aromatic ring is 1. The van der Waals surface area contributed by atoms with Gasteiger partial charge in [0, 0.05) is 25.3 Å².